The maximum atomic E-state index is 8.35. The lowest BCUT2D eigenvalue weighted by Crippen LogP contribution is -2.06. The van der Waals surface area contributed by atoms with Gasteiger partial charge in [-0.05, 0) is 41.7 Å². The molecule has 3 rings (SSSR count). The number of aryl methyl sites for hydroxylation is 1. The molecule has 0 aliphatic rings. The van der Waals surface area contributed by atoms with Gasteiger partial charge in [-0.15, -0.1) is 0 Å². The van der Waals surface area contributed by atoms with Crippen LogP contribution in [0.3, 0.4) is 0 Å². The van der Waals surface area contributed by atoms with Gasteiger partial charge in [0, 0.05) is 5.92 Å². The largest absolute Gasteiger partial charge is 0.231 e. The molecule has 0 bridgehead atoms. The van der Waals surface area contributed by atoms with Crippen LogP contribution in [0, 0.1) is 35.5 Å². The Morgan fingerprint density at radius 1 is 0.545 bits per heavy atom. The Labute approximate surface area is 192 Å². The third kappa shape index (κ3) is 12.5. The standard InChI is InChI=1S/C21H20.4CHNO/c1-16-10-9-15-20(17(16)2)21(18-11-5-3-6-12-18)19-13-7-4-8-14-19;4*2-1-3/h3-15,21H,1-2H3;4*2H. The fourth-order valence-corrected chi connectivity index (χ4v) is 2.93. The first-order valence-electron chi connectivity index (χ1n) is 9.25. The second-order valence-electron chi connectivity index (χ2n) is 5.95. The molecule has 0 aliphatic carbocycles. The van der Waals surface area contributed by atoms with E-state index in [1.165, 1.54) is 27.8 Å². The predicted octanol–water partition coefficient (Wildman–Crippen LogP) is 5.09. The van der Waals surface area contributed by atoms with Crippen molar-refractivity contribution in [1.82, 2.24) is 0 Å². The van der Waals surface area contributed by atoms with E-state index in [1.54, 1.807) is 0 Å². The van der Waals surface area contributed by atoms with Crippen LogP contribution in [-0.4, -0.2) is 24.3 Å². The Kier molecular flexibility index (Phi) is 18.8. The van der Waals surface area contributed by atoms with Crippen molar-refractivity contribution in [3.63, 3.8) is 0 Å². The maximum absolute atomic E-state index is 8.35. The van der Waals surface area contributed by atoms with Gasteiger partial charge in [0.15, 0.2) is 0 Å². The van der Waals surface area contributed by atoms with Gasteiger partial charge in [0.2, 0.25) is 24.3 Å². The molecule has 0 heterocycles. The van der Waals surface area contributed by atoms with Crippen molar-refractivity contribution in [1.29, 1.82) is 21.6 Å². The van der Waals surface area contributed by atoms with Gasteiger partial charge in [0.1, 0.15) is 0 Å². The Morgan fingerprint density at radius 3 is 1.21 bits per heavy atom. The number of rotatable bonds is 3. The maximum Gasteiger partial charge on any atom is 0.231 e. The van der Waals surface area contributed by atoms with Crippen LogP contribution < -0.4 is 0 Å². The number of hydrogen-bond donors (Lipinski definition) is 4. The third-order valence-electron chi connectivity index (χ3n) is 4.22. The van der Waals surface area contributed by atoms with Crippen LogP contribution >= 0.6 is 0 Å². The highest BCUT2D eigenvalue weighted by Gasteiger charge is 2.18. The van der Waals surface area contributed by atoms with Gasteiger partial charge in [-0.1, -0.05) is 78.9 Å². The number of nitrogens with one attached hydrogen (secondary N) is 4. The van der Waals surface area contributed by atoms with E-state index in [9.17, 15) is 0 Å². The first-order valence-corrected chi connectivity index (χ1v) is 9.25. The number of carbonyl (C=O) groups excluding carboxylic acids is 4. The number of isocyanates is 4. The van der Waals surface area contributed by atoms with Crippen LogP contribution in [-0.2, 0) is 19.2 Å². The summed E-state index contributed by atoms with van der Waals surface area (Å²) in [5.74, 6) is 0.298. The topological polar surface area (TPSA) is 164 Å². The molecule has 4 N–H and O–H groups in total. The van der Waals surface area contributed by atoms with E-state index in [-0.39, 0.29) is 0 Å². The minimum absolute atomic E-state index is 0.298. The number of hydrogen-bond acceptors (Lipinski definition) is 8. The smallest absolute Gasteiger partial charge is 0.222 e. The van der Waals surface area contributed by atoms with Crippen molar-refractivity contribution >= 4 is 24.3 Å². The first-order chi connectivity index (χ1) is 15.9. The van der Waals surface area contributed by atoms with E-state index >= 15 is 0 Å². The fraction of sp³-hybridized carbons (Fsp3) is 0.120. The van der Waals surface area contributed by atoms with E-state index in [2.05, 4.69) is 92.7 Å². The molecule has 0 aliphatic heterocycles. The summed E-state index contributed by atoms with van der Waals surface area (Å²) in [6, 6.07) is 28.1. The Hall–Kier alpha value is -4.82. The monoisotopic (exact) mass is 444 g/mol. The molecule has 3 aromatic carbocycles. The quantitative estimate of drug-likeness (QED) is 0.251. The zero-order valence-corrected chi connectivity index (χ0v) is 18.2. The van der Waals surface area contributed by atoms with Crippen molar-refractivity contribution in [2.24, 2.45) is 0 Å². The van der Waals surface area contributed by atoms with E-state index in [1.807, 2.05) is 0 Å². The van der Waals surface area contributed by atoms with Crippen LogP contribution in [0.2, 0.25) is 0 Å². The molecule has 3 aromatic rings. The van der Waals surface area contributed by atoms with Crippen LogP contribution in [0.5, 0.6) is 0 Å². The molecule has 0 atom stereocenters. The predicted molar refractivity (Wildman–Crippen MR) is 123 cm³/mol. The van der Waals surface area contributed by atoms with Gasteiger partial charge >= 0.3 is 0 Å². The van der Waals surface area contributed by atoms with Gasteiger partial charge < -0.3 is 0 Å². The van der Waals surface area contributed by atoms with Gasteiger partial charge in [0.25, 0.3) is 0 Å². The summed E-state index contributed by atoms with van der Waals surface area (Å²) in [6.45, 7) is 4.41. The van der Waals surface area contributed by atoms with Crippen molar-refractivity contribution in [2.75, 3.05) is 0 Å². The summed E-state index contributed by atoms with van der Waals surface area (Å²) in [5, 5.41) is 21.6. The average molecular weight is 444 g/mol. The molecule has 0 aromatic heterocycles. The zero-order valence-electron chi connectivity index (χ0n) is 18.2. The summed E-state index contributed by atoms with van der Waals surface area (Å²) >= 11 is 0. The molecule has 0 amide bonds. The van der Waals surface area contributed by atoms with Crippen molar-refractivity contribution < 1.29 is 19.2 Å². The Bertz CT molecular complexity index is 988. The molecular formula is C25H24N4O4. The van der Waals surface area contributed by atoms with Crippen LogP contribution in [0.1, 0.15) is 33.7 Å². The minimum atomic E-state index is 0.298. The summed E-state index contributed by atoms with van der Waals surface area (Å²) in [6.07, 6.45) is 3.00. The van der Waals surface area contributed by atoms with Crippen LogP contribution in [0.4, 0.5) is 0 Å². The molecule has 0 fully saturated rings. The number of benzene rings is 3. The first kappa shape index (κ1) is 30.4. The van der Waals surface area contributed by atoms with Gasteiger partial charge in [-0.3, -0.25) is 0 Å². The molecule has 0 spiro atoms. The molecule has 0 radical (unpaired) electrons. The van der Waals surface area contributed by atoms with Gasteiger partial charge in [-0.25, -0.2) is 40.8 Å². The molecule has 0 unspecified atom stereocenters. The Morgan fingerprint density at radius 2 is 0.879 bits per heavy atom. The zero-order chi connectivity index (χ0) is 25.5. The van der Waals surface area contributed by atoms with E-state index < -0.39 is 0 Å². The van der Waals surface area contributed by atoms with Crippen LogP contribution in [0.25, 0.3) is 0 Å². The fourth-order valence-electron chi connectivity index (χ4n) is 2.93. The van der Waals surface area contributed by atoms with Crippen molar-refractivity contribution in [3.05, 3.63) is 107 Å². The van der Waals surface area contributed by atoms with E-state index in [0.29, 0.717) is 5.92 Å². The molecule has 0 saturated carbocycles. The highest BCUT2D eigenvalue weighted by atomic mass is 16.1. The lowest BCUT2D eigenvalue weighted by Gasteiger charge is -2.21. The van der Waals surface area contributed by atoms with Crippen LogP contribution in [0.15, 0.2) is 78.9 Å². The molecule has 33 heavy (non-hydrogen) atoms. The summed E-state index contributed by atoms with van der Waals surface area (Å²) in [4.78, 5) is 33.4. The molecule has 0 saturated heterocycles. The molecule has 168 valence electrons. The third-order valence-corrected chi connectivity index (χ3v) is 4.22. The second kappa shape index (κ2) is 20.5. The lowest BCUT2D eigenvalue weighted by molar-refractivity contribution is 0.562. The lowest BCUT2D eigenvalue weighted by atomic mass is 9.82. The van der Waals surface area contributed by atoms with Crippen molar-refractivity contribution in [3.8, 4) is 0 Å². The summed E-state index contributed by atoms with van der Waals surface area (Å²) in [7, 11) is 0. The van der Waals surface area contributed by atoms with Gasteiger partial charge in [0.05, 0.1) is 0 Å². The van der Waals surface area contributed by atoms with Crippen molar-refractivity contribution in [2.45, 2.75) is 19.8 Å². The molecular weight excluding hydrogens is 420 g/mol. The average Bonchev–Trinajstić information content (AvgIpc) is 2.81. The summed E-state index contributed by atoms with van der Waals surface area (Å²) < 4.78 is 0. The van der Waals surface area contributed by atoms with E-state index in [0.717, 1.165) is 24.3 Å². The minimum Gasteiger partial charge on any atom is -0.222 e. The molecule has 8 heteroatoms. The highest BCUT2D eigenvalue weighted by molar-refractivity contribution is 5.47. The second-order valence-corrected chi connectivity index (χ2v) is 5.95. The highest BCUT2D eigenvalue weighted by Crippen LogP contribution is 2.34. The molecule has 8 nitrogen and oxygen atoms in total. The Balaban J connectivity index is 0. The van der Waals surface area contributed by atoms with E-state index in [4.69, 9.17) is 40.8 Å². The SMILES string of the molecule is Cc1cccc(C(c2ccccc2)c2ccccc2)c1C.N=C=O.N=C=O.N=C=O.N=C=O. The normalized spacial score (nSPS) is 7.85. The van der Waals surface area contributed by atoms with Gasteiger partial charge in [-0.2, -0.15) is 0 Å². The summed E-state index contributed by atoms with van der Waals surface area (Å²) in [5.41, 5.74) is 6.82.